The summed E-state index contributed by atoms with van der Waals surface area (Å²) in [6.45, 7) is 4.21. The van der Waals surface area contributed by atoms with Gasteiger partial charge in [-0.2, -0.15) is 0 Å². The second-order valence-electron chi connectivity index (χ2n) is 7.50. The minimum absolute atomic E-state index is 0.522. The number of aryl methyl sites for hydroxylation is 2. The van der Waals surface area contributed by atoms with Crippen LogP contribution in [0.1, 0.15) is 47.0 Å². The summed E-state index contributed by atoms with van der Waals surface area (Å²) in [6, 6.07) is 12.2. The Hall–Kier alpha value is -2.39. The van der Waals surface area contributed by atoms with E-state index < -0.39 is 0 Å². The molecular formula is C22H23N3. The molecule has 3 heteroatoms. The molecule has 25 heavy (non-hydrogen) atoms. The van der Waals surface area contributed by atoms with E-state index in [0.29, 0.717) is 12.1 Å². The molecule has 126 valence electrons. The lowest BCUT2D eigenvalue weighted by molar-refractivity contribution is 0.509. The quantitative estimate of drug-likeness (QED) is 0.743. The molecule has 2 aliphatic heterocycles. The number of hydrogen-bond acceptors (Lipinski definition) is 2. The minimum atomic E-state index is 0.522. The van der Waals surface area contributed by atoms with Gasteiger partial charge in [0.1, 0.15) is 0 Å². The molecule has 2 aromatic heterocycles. The summed E-state index contributed by atoms with van der Waals surface area (Å²) in [5.74, 6) is 0. The highest BCUT2D eigenvalue weighted by atomic mass is 15.1. The van der Waals surface area contributed by atoms with Crippen LogP contribution < -0.4 is 5.32 Å². The molecule has 1 aromatic carbocycles. The van der Waals surface area contributed by atoms with Crippen molar-refractivity contribution in [3.05, 3.63) is 64.6 Å². The summed E-state index contributed by atoms with van der Waals surface area (Å²) in [5, 5.41) is 5.22. The van der Waals surface area contributed by atoms with Gasteiger partial charge in [0.15, 0.2) is 0 Å². The van der Waals surface area contributed by atoms with Crippen LogP contribution in [0, 0.1) is 13.8 Å². The summed E-state index contributed by atoms with van der Waals surface area (Å²) in [6.07, 6.45) is 10.0. The lowest BCUT2D eigenvalue weighted by Gasteiger charge is -2.23. The average molecular weight is 329 g/mol. The number of nitrogens with zero attached hydrogens (tertiary/aromatic N) is 2. The first-order valence-corrected chi connectivity index (χ1v) is 9.19. The topological polar surface area (TPSA) is 29.9 Å². The van der Waals surface area contributed by atoms with Crippen molar-refractivity contribution in [2.45, 2.75) is 45.2 Å². The fourth-order valence-corrected chi connectivity index (χ4v) is 4.45. The van der Waals surface area contributed by atoms with Gasteiger partial charge in [0.2, 0.25) is 0 Å². The third kappa shape index (κ3) is 2.42. The maximum absolute atomic E-state index is 4.40. The van der Waals surface area contributed by atoms with Crippen molar-refractivity contribution in [3.63, 3.8) is 0 Å². The fraction of sp³-hybridized carbons (Fsp3) is 0.318. The van der Waals surface area contributed by atoms with Crippen molar-refractivity contribution in [1.29, 1.82) is 0 Å². The van der Waals surface area contributed by atoms with E-state index >= 15 is 0 Å². The Morgan fingerprint density at radius 3 is 2.92 bits per heavy atom. The van der Waals surface area contributed by atoms with Crippen molar-refractivity contribution in [3.8, 4) is 0 Å². The molecule has 2 bridgehead atoms. The molecule has 0 saturated carbocycles. The summed E-state index contributed by atoms with van der Waals surface area (Å²) in [5.41, 5.74) is 7.87. The molecule has 2 aliphatic rings. The molecule has 3 aromatic rings. The molecule has 0 unspecified atom stereocenters. The van der Waals surface area contributed by atoms with E-state index in [1.807, 2.05) is 13.1 Å². The molecule has 0 amide bonds. The lowest BCUT2D eigenvalue weighted by Crippen LogP contribution is -2.32. The zero-order chi connectivity index (χ0) is 17.0. The first kappa shape index (κ1) is 14.9. The number of benzene rings is 1. The number of nitrogens with one attached hydrogen (secondary N) is 1. The number of hydrogen-bond donors (Lipinski definition) is 1. The highest BCUT2D eigenvalue weighted by Crippen LogP contribution is 2.42. The summed E-state index contributed by atoms with van der Waals surface area (Å²) in [4.78, 5) is 4.40. The SMILES string of the molecule is Cc1ccc2c(c1)c1c(n2/C=C\c2ccc(C)nc2)C[C@@H]2CC[C@H]1N2. The van der Waals surface area contributed by atoms with Gasteiger partial charge in [-0.1, -0.05) is 17.7 Å². The van der Waals surface area contributed by atoms with Crippen molar-refractivity contribution < 1.29 is 0 Å². The standard InChI is InChI=1S/C22H23N3/c1-14-3-8-20-18(11-14)22-19-7-6-17(24-19)12-21(22)25(20)10-9-16-5-4-15(2)23-13-16/h3-5,8-11,13,17,19,24H,6-7,12H2,1-2H3/b10-9-/t17-,19+/m0/s1. The number of rotatable bonds is 2. The fourth-order valence-electron chi connectivity index (χ4n) is 4.45. The minimum Gasteiger partial charge on any atom is -0.320 e. The molecule has 2 atom stereocenters. The van der Waals surface area contributed by atoms with Crippen LogP contribution in [0.25, 0.3) is 23.2 Å². The van der Waals surface area contributed by atoms with Crippen molar-refractivity contribution >= 4 is 23.2 Å². The Labute approximate surface area is 148 Å². The molecule has 0 spiro atoms. The van der Waals surface area contributed by atoms with Crippen LogP contribution in [0.4, 0.5) is 0 Å². The molecular weight excluding hydrogens is 306 g/mol. The Balaban J connectivity index is 1.67. The maximum Gasteiger partial charge on any atom is 0.0529 e. The van der Waals surface area contributed by atoms with Gasteiger partial charge in [0.05, 0.1) is 5.52 Å². The predicted molar refractivity (Wildman–Crippen MR) is 103 cm³/mol. The highest BCUT2D eigenvalue weighted by molar-refractivity contribution is 5.90. The second-order valence-corrected chi connectivity index (χ2v) is 7.50. The van der Waals surface area contributed by atoms with Crippen LogP contribution in [0.3, 0.4) is 0 Å². The van der Waals surface area contributed by atoms with Crippen LogP contribution in [0.15, 0.2) is 36.5 Å². The van der Waals surface area contributed by atoms with Crippen LogP contribution in [-0.2, 0) is 6.42 Å². The predicted octanol–water partition coefficient (Wildman–Crippen LogP) is 4.63. The first-order chi connectivity index (χ1) is 12.2. The number of aromatic nitrogens is 2. The van der Waals surface area contributed by atoms with E-state index in [4.69, 9.17) is 0 Å². The van der Waals surface area contributed by atoms with Gasteiger partial charge in [-0.15, -0.1) is 0 Å². The monoisotopic (exact) mass is 329 g/mol. The Kier molecular flexibility index (Phi) is 3.32. The lowest BCUT2D eigenvalue weighted by atomic mass is 9.98. The van der Waals surface area contributed by atoms with Crippen molar-refractivity contribution in [2.24, 2.45) is 0 Å². The van der Waals surface area contributed by atoms with Gasteiger partial charge in [0, 0.05) is 47.7 Å². The maximum atomic E-state index is 4.40. The van der Waals surface area contributed by atoms with Gasteiger partial charge >= 0.3 is 0 Å². The van der Waals surface area contributed by atoms with Gasteiger partial charge in [0.25, 0.3) is 0 Å². The molecule has 0 radical (unpaired) electrons. The number of fused-ring (bicyclic) bond motifs is 6. The van der Waals surface area contributed by atoms with E-state index in [0.717, 1.165) is 17.7 Å². The third-order valence-electron chi connectivity index (χ3n) is 5.68. The average Bonchev–Trinajstić information content (AvgIpc) is 3.13. The number of pyridine rings is 1. The molecule has 1 N–H and O–H groups in total. The molecule has 3 nitrogen and oxygen atoms in total. The largest absolute Gasteiger partial charge is 0.320 e. The van der Waals surface area contributed by atoms with Crippen LogP contribution in [0.2, 0.25) is 0 Å². The van der Waals surface area contributed by atoms with E-state index in [9.17, 15) is 0 Å². The van der Waals surface area contributed by atoms with Gasteiger partial charge in [-0.25, -0.2) is 0 Å². The van der Waals surface area contributed by atoms with Crippen LogP contribution in [-0.4, -0.2) is 15.6 Å². The van der Waals surface area contributed by atoms with E-state index in [-0.39, 0.29) is 0 Å². The zero-order valence-electron chi connectivity index (χ0n) is 14.8. The Bertz CT molecular complexity index is 979. The highest BCUT2D eigenvalue weighted by Gasteiger charge is 2.35. The van der Waals surface area contributed by atoms with E-state index in [1.165, 1.54) is 40.6 Å². The Morgan fingerprint density at radius 1 is 1.16 bits per heavy atom. The molecule has 0 aliphatic carbocycles. The summed E-state index contributed by atoms with van der Waals surface area (Å²) < 4.78 is 2.41. The summed E-state index contributed by atoms with van der Waals surface area (Å²) in [7, 11) is 0. The van der Waals surface area contributed by atoms with Crippen LogP contribution >= 0.6 is 0 Å². The van der Waals surface area contributed by atoms with Gasteiger partial charge in [-0.05, 0) is 62.1 Å². The molecule has 1 saturated heterocycles. The van der Waals surface area contributed by atoms with Gasteiger partial charge < -0.3 is 9.88 Å². The molecule has 1 fully saturated rings. The normalized spacial score (nSPS) is 22.0. The molecule has 4 heterocycles. The third-order valence-corrected chi connectivity index (χ3v) is 5.68. The smallest absolute Gasteiger partial charge is 0.0529 e. The molecule has 5 rings (SSSR count). The van der Waals surface area contributed by atoms with Crippen molar-refractivity contribution in [2.75, 3.05) is 0 Å². The second kappa shape index (κ2) is 5.57. The Morgan fingerprint density at radius 2 is 2.08 bits per heavy atom. The van der Waals surface area contributed by atoms with Crippen molar-refractivity contribution in [1.82, 2.24) is 14.9 Å². The van der Waals surface area contributed by atoms with Gasteiger partial charge in [-0.3, -0.25) is 4.98 Å². The summed E-state index contributed by atoms with van der Waals surface area (Å²) >= 11 is 0. The van der Waals surface area contributed by atoms with E-state index in [1.54, 1.807) is 0 Å². The zero-order valence-corrected chi connectivity index (χ0v) is 14.8. The van der Waals surface area contributed by atoms with E-state index in [2.05, 4.69) is 64.4 Å². The first-order valence-electron chi connectivity index (χ1n) is 9.19. The van der Waals surface area contributed by atoms with Crippen LogP contribution in [0.5, 0.6) is 0 Å².